The van der Waals surface area contributed by atoms with E-state index in [1.807, 2.05) is 0 Å². The summed E-state index contributed by atoms with van der Waals surface area (Å²) in [7, 11) is 0. The van der Waals surface area contributed by atoms with Gasteiger partial charge in [-0.3, -0.25) is 4.79 Å². The summed E-state index contributed by atoms with van der Waals surface area (Å²) in [5.41, 5.74) is 0.376. The molecule has 2 nitrogen and oxygen atoms in total. The van der Waals surface area contributed by atoms with E-state index in [1.165, 1.54) is 0 Å². The van der Waals surface area contributed by atoms with Crippen molar-refractivity contribution in [2.24, 2.45) is 17.3 Å². The predicted molar refractivity (Wildman–Crippen MR) is 61.2 cm³/mol. The zero-order valence-electron chi connectivity index (χ0n) is 10.2. The molecule has 0 N–H and O–H groups in total. The normalized spacial score (nSPS) is 27.5. The fourth-order valence-electron chi connectivity index (χ4n) is 2.41. The van der Waals surface area contributed by atoms with Gasteiger partial charge in [-0.15, -0.1) is 0 Å². The van der Waals surface area contributed by atoms with Gasteiger partial charge in [-0.05, 0) is 43.9 Å². The highest BCUT2D eigenvalue weighted by Crippen LogP contribution is 2.39. The Kier molecular flexibility index (Phi) is 4.18. The van der Waals surface area contributed by atoms with Crippen molar-refractivity contribution >= 4 is 5.97 Å². The maximum Gasteiger partial charge on any atom is 0.308 e. The van der Waals surface area contributed by atoms with Crippen molar-refractivity contribution in [1.82, 2.24) is 0 Å². The maximum absolute atomic E-state index is 11.5. The van der Waals surface area contributed by atoms with E-state index in [0.717, 1.165) is 31.6 Å². The van der Waals surface area contributed by atoms with Crippen LogP contribution in [-0.2, 0) is 9.53 Å². The molecule has 0 aliphatic heterocycles. The molecule has 0 saturated heterocycles. The lowest BCUT2D eigenvalue weighted by molar-refractivity contribution is -0.149. The number of carbonyl (C=O) groups is 1. The topological polar surface area (TPSA) is 26.3 Å². The van der Waals surface area contributed by atoms with E-state index in [0.29, 0.717) is 5.41 Å². The minimum atomic E-state index is -0.0441. The molecule has 0 aromatic heterocycles. The first kappa shape index (κ1) is 12.5. The number of ether oxygens (including phenoxy) is 1. The van der Waals surface area contributed by atoms with Crippen molar-refractivity contribution in [3.05, 3.63) is 6.92 Å². The van der Waals surface area contributed by atoms with Crippen molar-refractivity contribution in [1.29, 1.82) is 0 Å². The van der Waals surface area contributed by atoms with Gasteiger partial charge in [-0.25, -0.2) is 0 Å². The fraction of sp³-hybridized carbons (Fsp3) is 0.846. The molecule has 0 unspecified atom stereocenters. The second-order valence-electron chi connectivity index (χ2n) is 5.58. The zero-order chi connectivity index (χ0) is 11.5. The Labute approximate surface area is 93.4 Å². The van der Waals surface area contributed by atoms with Crippen LogP contribution < -0.4 is 0 Å². The molecule has 87 valence electrons. The van der Waals surface area contributed by atoms with Crippen molar-refractivity contribution < 1.29 is 9.53 Å². The van der Waals surface area contributed by atoms with Crippen LogP contribution in [0.25, 0.3) is 0 Å². The van der Waals surface area contributed by atoms with Gasteiger partial charge in [-0.1, -0.05) is 20.8 Å². The van der Waals surface area contributed by atoms with Crippen LogP contribution in [0.5, 0.6) is 0 Å². The van der Waals surface area contributed by atoms with Crippen LogP contribution in [0.4, 0.5) is 0 Å². The number of hydrogen-bond acceptors (Lipinski definition) is 2. The van der Waals surface area contributed by atoms with E-state index >= 15 is 0 Å². The molecule has 0 heterocycles. The van der Waals surface area contributed by atoms with E-state index in [2.05, 4.69) is 27.7 Å². The molecule has 1 saturated carbocycles. The van der Waals surface area contributed by atoms with Gasteiger partial charge in [0, 0.05) is 0 Å². The van der Waals surface area contributed by atoms with Crippen molar-refractivity contribution in [2.45, 2.75) is 46.5 Å². The van der Waals surface area contributed by atoms with Crippen LogP contribution in [-0.4, -0.2) is 12.6 Å². The summed E-state index contributed by atoms with van der Waals surface area (Å²) < 4.78 is 4.95. The summed E-state index contributed by atoms with van der Waals surface area (Å²) in [5, 5.41) is 0. The summed E-state index contributed by atoms with van der Waals surface area (Å²) in [6, 6.07) is 0. The smallest absolute Gasteiger partial charge is 0.308 e. The standard InChI is InChI=1S/C13H23O2/c1-5-15-12(14)10-6-8-11(9-7-10)13(2,3)4/h10-11H,1,5-9H2,2-4H3. The van der Waals surface area contributed by atoms with Crippen LogP contribution in [0.2, 0.25) is 0 Å². The third kappa shape index (κ3) is 3.51. The van der Waals surface area contributed by atoms with E-state index in [9.17, 15) is 4.79 Å². The summed E-state index contributed by atoms with van der Waals surface area (Å²) in [6.45, 7) is 10.6. The fourth-order valence-corrected chi connectivity index (χ4v) is 2.41. The highest BCUT2D eigenvalue weighted by molar-refractivity contribution is 5.72. The van der Waals surface area contributed by atoms with Crippen LogP contribution in [0, 0.1) is 24.2 Å². The zero-order valence-corrected chi connectivity index (χ0v) is 10.2. The van der Waals surface area contributed by atoms with Crippen molar-refractivity contribution in [3.63, 3.8) is 0 Å². The molecular weight excluding hydrogens is 188 g/mol. The number of carbonyl (C=O) groups excluding carboxylic acids is 1. The Morgan fingerprint density at radius 1 is 1.27 bits per heavy atom. The number of rotatable bonds is 2. The predicted octanol–water partition coefficient (Wildman–Crippen LogP) is 3.22. The number of hydrogen-bond donors (Lipinski definition) is 0. The van der Waals surface area contributed by atoms with Gasteiger partial charge in [0.05, 0.1) is 12.5 Å². The van der Waals surface area contributed by atoms with Crippen LogP contribution >= 0.6 is 0 Å². The molecular formula is C13H23O2. The molecule has 0 aromatic carbocycles. The minimum absolute atomic E-state index is 0.0441. The second-order valence-corrected chi connectivity index (χ2v) is 5.58. The Hall–Kier alpha value is -0.530. The molecule has 1 fully saturated rings. The third-order valence-corrected chi connectivity index (χ3v) is 3.53. The van der Waals surface area contributed by atoms with E-state index in [-0.39, 0.29) is 18.5 Å². The molecule has 15 heavy (non-hydrogen) atoms. The van der Waals surface area contributed by atoms with Crippen LogP contribution in [0.1, 0.15) is 46.5 Å². The van der Waals surface area contributed by atoms with E-state index in [4.69, 9.17) is 4.74 Å². The Balaban J connectivity index is 2.39. The average molecular weight is 211 g/mol. The number of esters is 1. The first-order valence-corrected chi connectivity index (χ1v) is 5.91. The monoisotopic (exact) mass is 211 g/mol. The lowest BCUT2D eigenvalue weighted by Gasteiger charge is -2.36. The SMILES string of the molecule is [CH2]COC(=O)C1CCC(C(C)(C)C)CC1. The quantitative estimate of drug-likeness (QED) is 0.656. The highest BCUT2D eigenvalue weighted by Gasteiger charge is 2.32. The van der Waals surface area contributed by atoms with Gasteiger partial charge in [0.25, 0.3) is 0 Å². The van der Waals surface area contributed by atoms with Gasteiger partial charge in [0.15, 0.2) is 0 Å². The second kappa shape index (κ2) is 5.00. The minimum Gasteiger partial charge on any atom is -0.465 e. The summed E-state index contributed by atoms with van der Waals surface area (Å²) in [5.74, 6) is 0.837. The Morgan fingerprint density at radius 2 is 1.80 bits per heavy atom. The van der Waals surface area contributed by atoms with Gasteiger partial charge >= 0.3 is 5.97 Å². The van der Waals surface area contributed by atoms with Gasteiger partial charge < -0.3 is 4.74 Å². The molecule has 0 atom stereocenters. The molecule has 1 rings (SSSR count). The maximum atomic E-state index is 11.5. The molecule has 0 aromatic rings. The Morgan fingerprint density at radius 3 is 2.20 bits per heavy atom. The molecule has 2 heteroatoms. The molecule has 0 bridgehead atoms. The van der Waals surface area contributed by atoms with Crippen molar-refractivity contribution in [3.8, 4) is 0 Å². The van der Waals surface area contributed by atoms with Crippen LogP contribution in [0.15, 0.2) is 0 Å². The average Bonchev–Trinajstić information content (AvgIpc) is 2.17. The third-order valence-electron chi connectivity index (χ3n) is 3.53. The highest BCUT2D eigenvalue weighted by atomic mass is 16.5. The molecule has 1 aliphatic rings. The summed E-state index contributed by atoms with van der Waals surface area (Å²) >= 11 is 0. The summed E-state index contributed by atoms with van der Waals surface area (Å²) in [4.78, 5) is 11.5. The lowest BCUT2D eigenvalue weighted by Crippen LogP contribution is -2.29. The van der Waals surface area contributed by atoms with E-state index < -0.39 is 0 Å². The first-order chi connectivity index (χ1) is 6.95. The van der Waals surface area contributed by atoms with Crippen LogP contribution in [0.3, 0.4) is 0 Å². The van der Waals surface area contributed by atoms with E-state index in [1.54, 1.807) is 0 Å². The lowest BCUT2D eigenvalue weighted by atomic mass is 9.70. The Bertz CT molecular complexity index is 207. The summed E-state index contributed by atoms with van der Waals surface area (Å²) in [6.07, 6.45) is 4.28. The molecule has 0 amide bonds. The molecule has 1 radical (unpaired) electrons. The molecule has 1 aliphatic carbocycles. The largest absolute Gasteiger partial charge is 0.465 e. The molecule has 0 spiro atoms. The van der Waals surface area contributed by atoms with Gasteiger partial charge in [-0.2, -0.15) is 0 Å². The van der Waals surface area contributed by atoms with Gasteiger partial charge in [0.1, 0.15) is 0 Å². The van der Waals surface area contributed by atoms with Gasteiger partial charge in [0.2, 0.25) is 0 Å². The van der Waals surface area contributed by atoms with Crippen molar-refractivity contribution in [2.75, 3.05) is 6.61 Å². The first-order valence-electron chi connectivity index (χ1n) is 5.91.